The Balaban J connectivity index is 1.79. The van der Waals surface area contributed by atoms with Crippen molar-refractivity contribution in [3.8, 4) is 0 Å². The summed E-state index contributed by atoms with van der Waals surface area (Å²) >= 11 is 1.41. The largest absolute Gasteiger partial charge is 0.416 e. The number of nitrogens with one attached hydrogen (secondary N) is 2. The molecular weight excluding hydrogens is 415 g/mol. The number of halogens is 3. The zero-order valence-corrected chi connectivity index (χ0v) is 16.5. The Morgan fingerprint density at radius 2 is 1.67 bits per heavy atom. The maximum absolute atomic E-state index is 13.0. The molecule has 0 aliphatic rings. The van der Waals surface area contributed by atoms with Crippen molar-refractivity contribution in [1.29, 1.82) is 0 Å². The Hall–Kier alpha value is -3.33. The third-order valence-corrected chi connectivity index (χ3v) is 4.84. The Labute approximate surface area is 174 Å². The van der Waals surface area contributed by atoms with Crippen molar-refractivity contribution in [1.82, 2.24) is 4.98 Å². The number of hydrogen-bond donors (Lipinski definition) is 2. The molecule has 0 fully saturated rings. The predicted molar refractivity (Wildman–Crippen MR) is 109 cm³/mol. The first-order valence-corrected chi connectivity index (χ1v) is 9.53. The van der Waals surface area contributed by atoms with E-state index in [1.165, 1.54) is 18.7 Å². The third kappa shape index (κ3) is 5.60. The second-order valence-corrected chi connectivity index (χ2v) is 7.28. The van der Waals surface area contributed by atoms with Gasteiger partial charge in [-0.05, 0) is 54.6 Å². The fraction of sp³-hybridized carbons (Fsp3) is 0.0952. The van der Waals surface area contributed by atoms with E-state index in [-0.39, 0.29) is 16.9 Å². The van der Waals surface area contributed by atoms with Gasteiger partial charge in [-0.15, -0.1) is 0 Å². The van der Waals surface area contributed by atoms with Gasteiger partial charge in [-0.1, -0.05) is 17.8 Å². The number of aromatic nitrogens is 1. The van der Waals surface area contributed by atoms with Crippen LogP contribution in [0.1, 0.15) is 22.8 Å². The molecular formula is C21H16F3N3O2S. The zero-order chi connectivity index (χ0) is 21.7. The number of rotatable bonds is 5. The van der Waals surface area contributed by atoms with Crippen LogP contribution in [0.25, 0.3) is 0 Å². The molecule has 5 nitrogen and oxygen atoms in total. The van der Waals surface area contributed by atoms with Gasteiger partial charge in [0.15, 0.2) is 0 Å². The molecule has 2 aromatic carbocycles. The van der Waals surface area contributed by atoms with E-state index >= 15 is 0 Å². The molecule has 9 heteroatoms. The molecule has 0 spiro atoms. The van der Waals surface area contributed by atoms with Crippen LogP contribution in [0.15, 0.2) is 76.8 Å². The minimum atomic E-state index is -4.58. The quantitative estimate of drug-likeness (QED) is 0.563. The molecule has 1 aromatic heterocycles. The van der Waals surface area contributed by atoms with Crippen LogP contribution in [0.4, 0.5) is 24.5 Å². The number of hydrogen-bond acceptors (Lipinski definition) is 4. The molecule has 30 heavy (non-hydrogen) atoms. The van der Waals surface area contributed by atoms with Crippen LogP contribution < -0.4 is 10.6 Å². The molecule has 3 aromatic rings. The van der Waals surface area contributed by atoms with Crippen LogP contribution >= 0.6 is 11.8 Å². The summed E-state index contributed by atoms with van der Waals surface area (Å²) in [7, 11) is 0. The number of anilines is 2. The van der Waals surface area contributed by atoms with Crippen LogP contribution in [0.2, 0.25) is 0 Å². The summed E-state index contributed by atoms with van der Waals surface area (Å²) in [5.41, 5.74) is -0.747. The van der Waals surface area contributed by atoms with E-state index in [0.717, 1.165) is 28.1 Å². The van der Waals surface area contributed by atoms with Crippen LogP contribution in [0, 0.1) is 0 Å². The minimum absolute atomic E-state index is 0.0752. The van der Waals surface area contributed by atoms with E-state index in [4.69, 9.17) is 0 Å². The topological polar surface area (TPSA) is 71.1 Å². The van der Waals surface area contributed by atoms with Gasteiger partial charge in [0.25, 0.3) is 5.91 Å². The standard InChI is InChI=1S/C21H16F3N3O2S/c1-13(28)26-17-10-7-15(21(22,23)24)12-18(17)27-20(29)14-5-8-16(9-6-14)30-19-4-2-3-11-25-19/h2-12H,1H3,(H,26,28)(H,27,29). The number of nitrogens with zero attached hydrogens (tertiary/aromatic N) is 1. The van der Waals surface area contributed by atoms with Gasteiger partial charge in [0.2, 0.25) is 5.91 Å². The molecule has 3 rings (SSSR count). The first-order valence-electron chi connectivity index (χ1n) is 8.71. The fourth-order valence-electron chi connectivity index (χ4n) is 2.52. The van der Waals surface area contributed by atoms with E-state index in [2.05, 4.69) is 15.6 Å². The molecule has 0 saturated carbocycles. The molecule has 2 amide bonds. The van der Waals surface area contributed by atoms with Crippen molar-refractivity contribution in [2.75, 3.05) is 10.6 Å². The first-order chi connectivity index (χ1) is 14.2. The highest BCUT2D eigenvalue weighted by Crippen LogP contribution is 2.34. The average molecular weight is 431 g/mol. The van der Waals surface area contributed by atoms with E-state index in [1.54, 1.807) is 36.5 Å². The van der Waals surface area contributed by atoms with Crippen LogP contribution in [-0.4, -0.2) is 16.8 Å². The van der Waals surface area contributed by atoms with Gasteiger partial charge in [0.1, 0.15) is 5.03 Å². The van der Waals surface area contributed by atoms with Gasteiger partial charge in [-0.25, -0.2) is 4.98 Å². The Morgan fingerprint density at radius 3 is 2.27 bits per heavy atom. The predicted octanol–water partition coefficient (Wildman–Crippen LogP) is 5.46. The summed E-state index contributed by atoms with van der Waals surface area (Å²) in [6.45, 7) is 1.22. The summed E-state index contributed by atoms with van der Waals surface area (Å²) in [5.74, 6) is -1.07. The van der Waals surface area contributed by atoms with Gasteiger partial charge in [0, 0.05) is 23.6 Å². The second kappa shape index (κ2) is 9.00. The number of carbonyl (C=O) groups excluding carboxylic acids is 2. The molecule has 0 aliphatic carbocycles. The van der Waals surface area contributed by atoms with Crippen molar-refractivity contribution in [3.05, 3.63) is 78.0 Å². The lowest BCUT2D eigenvalue weighted by Crippen LogP contribution is -2.16. The van der Waals surface area contributed by atoms with Crippen molar-refractivity contribution in [2.24, 2.45) is 0 Å². The Kier molecular flexibility index (Phi) is 6.41. The zero-order valence-electron chi connectivity index (χ0n) is 15.7. The van der Waals surface area contributed by atoms with Crippen molar-refractivity contribution < 1.29 is 22.8 Å². The maximum Gasteiger partial charge on any atom is 0.416 e. The number of amides is 2. The van der Waals surface area contributed by atoms with Gasteiger partial charge >= 0.3 is 6.18 Å². The van der Waals surface area contributed by atoms with E-state index in [9.17, 15) is 22.8 Å². The fourth-order valence-corrected chi connectivity index (χ4v) is 3.29. The average Bonchev–Trinajstić information content (AvgIpc) is 2.69. The molecule has 0 saturated heterocycles. The van der Waals surface area contributed by atoms with Crippen LogP contribution in [0.5, 0.6) is 0 Å². The van der Waals surface area contributed by atoms with Crippen LogP contribution in [0.3, 0.4) is 0 Å². The lowest BCUT2D eigenvalue weighted by molar-refractivity contribution is -0.137. The smallest absolute Gasteiger partial charge is 0.325 e. The highest BCUT2D eigenvalue weighted by Gasteiger charge is 2.31. The van der Waals surface area contributed by atoms with Crippen LogP contribution in [-0.2, 0) is 11.0 Å². The maximum atomic E-state index is 13.0. The van der Waals surface area contributed by atoms with Crippen molar-refractivity contribution in [3.63, 3.8) is 0 Å². The Bertz CT molecular complexity index is 1060. The first kappa shape index (κ1) is 21.4. The highest BCUT2D eigenvalue weighted by atomic mass is 32.2. The summed E-state index contributed by atoms with van der Waals surface area (Å²) in [5, 5.41) is 5.65. The summed E-state index contributed by atoms with van der Waals surface area (Å²) in [6.07, 6.45) is -2.91. The molecule has 2 N–H and O–H groups in total. The van der Waals surface area contributed by atoms with Gasteiger partial charge < -0.3 is 10.6 Å². The monoisotopic (exact) mass is 431 g/mol. The number of pyridine rings is 1. The van der Waals surface area contributed by atoms with E-state index in [1.807, 2.05) is 12.1 Å². The van der Waals surface area contributed by atoms with Gasteiger partial charge in [-0.3, -0.25) is 9.59 Å². The number of benzene rings is 2. The van der Waals surface area contributed by atoms with E-state index < -0.39 is 23.6 Å². The third-order valence-electron chi connectivity index (χ3n) is 3.88. The molecule has 0 atom stereocenters. The molecule has 1 heterocycles. The van der Waals surface area contributed by atoms with Crippen molar-refractivity contribution >= 4 is 35.0 Å². The molecule has 0 radical (unpaired) electrons. The van der Waals surface area contributed by atoms with Crippen molar-refractivity contribution in [2.45, 2.75) is 23.0 Å². The highest BCUT2D eigenvalue weighted by molar-refractivity contribution is 7.99. The lowest BCUT2D eigenvalue weighted by atomic mass is 10.1. The molecule has 0 bridgehead atoms. The van der Waals surface area contributed by atoms with E-state index in [0.29, 0.717) is 0 Å². The normalized spacial score (nSPS) is 11.1. The second-order valence-electron chi connectivity index (χ2n) is 6.19. The lowest BCUT2D eigenvalue weighted by Gasteiger charge is -2.15. The summed E-state index contributed by atoms with van der Waals surface area (Å²) in [4.78, 5) is 29.0. The summed E-state index contributed by atoms with van der Waals surface area (Å²) in [6, 6.07) is 14.8. The Morgan fingerprint density at radius 1 is 0.933 bits per heavy atom. The molecule has 0 unspecified atom stereocenters. The van der Waals surface area contributed by atoms with Gasteiger partial charge in [-0.2, -0.15) is 13.2 Å². The molecule has 154 valence electrons. The summed E-state index contributed by atoms with van der Waals surface area (Å²) < 4.78 is 39.1. The van der Waals surface area contributed by atoms with Gasteiger partial charge in [0.05, 0.1) is 16.9 Å². The minimum Gasteiger partial charge on any atom is -0.325 e. The number of alkyl halides is 3. The number of carbonyl (C=O) groups is 2. The molecule has 0 aliphatic heterocycles. The SMILES string of the molecule is CC(=O)Nc1ccc(C(F)(F)F)cc1NC(=O)c1ccc(Sc2ccccn2)cc1.